The second-order valence-electron chi connectivity index (χ2n) is 2.29. The van der Waals surface area contributed by atoms with Crippen molar-refractivity contribution in [1.29, 1.82) is 0 Å². The van der Waals surface area contributed by atoms with Crippen molar-refractivity contribution in [3.8, 4) is 5.19 Å². The SMILES string of the molecule is CSOc1nc(C)c(CC(=O)[O-])s1.[Na+]. The van der Waals surface area contributed by atoms with Gasteiger partial charge in [0.15, 0.2) is 0 Å². The predicted molar refractivity (Wildman–Crippen MR) is 49.7 cm³/mol. The van der Waals surface area contributed by atoms with Crippen molar-refractivity contribution in [1.82, 2.24) is 4.98 Å². The van der Waals surface area contributed by atoms with Gasteiger partial charge in [-0.2, -0.15) is 0 Å². The van der Waals surface area contributed by atoms with E-state index in [-0.39, 0.29) is 36.0 Å². The molecule has 0 bridgehead atoms. The second-order valence-corrected chi connectivity index (χ2v) is 3.83. The average Bonchev–Trinajstić information content (AvgIpc) is 2.31. The summed E-state index contributed by atoms with van der Waals surface area (Å²) in [6.45, 7) is 1.75. The molecule has 0 aliphatic heterocycles. The molecule has 0 N–H and O–H groups in total. The molecule has 4 nitrogen and oxygen atoms in total. The van der Waals surface area contributed by atoms with Crippen LogP contribution in [0.5, 0.6) is 5.19 Å². The molecule has 0 fully saturated rings. The molecule has 7 heteroatoms. The van der Waals surface area contributed by atoms with E-state index >= 15 is 0 Å². The van der Waals surface area contributed by atoms with Crippen molar-refractivity contribution in [2.75, 3.05) is 6.26 Å². The molecule has 1 rings (SSSR count). The Morgan fingerprint density at radius 1 is 1.71 bits per heavy atom. The summed E-state index contributed by atoms with van der Waals surface area (Å²) >= 11 is 2.42. The van der Waals surface area contributed by atoms with Gasteiger partial charge in [0.25, 0.3) is 5.19 Å². The molecule has 0 saturated carbocycles. The van der Waals surface area contributed by atoms with Crippen LogP contribution >= 0.6 is 23.4 Å². The predicted octanol–water partition coefficient (Wildman–Crippen LogP) is -2.60. The Labute approximate surface area is 113 Å². The minimum Gasteiger partial charge on any atom is -0.550 e. The van der Waals surface area contributed by atoms with Gasteiger partial charge in [0.1, 0.15) is 0 Å². The van der Waals surface area contributed by atoms with Gasteiger partial charge in [0, 0.05) is 23.5 Å². The maximum absolute atomic E-state index is 10.3. The zero-order chi connectivity index (χ0) is 9.84. The normalized spacial score (nSPS) is 9.29. The Morgan fingerprint density at radius 2 is 2.36 bits per heavy atom. The Morgan fingerprint density at radius 3 is 2.86 bits per heavy atom. The molecule has 1 heterocycles. The number of thiazole rings is 1. The summed E-state index contributed by atoms with van der Waals surface area (Å²) in [5.41, 5.74) is 0.693. The summed E-state index contributed by atoms with van der Waals surface area (Å²) in [4.78, 5) is 15.0. The molecule has 0 unspecified atom stereocenters. The molecule has 0 aromatic carbocycles. The number of aryl methyl sites for hydroxylation is 1. The number of aromatic nitrogens is 1. The summed E-state index contributed by atoms with van der Waals surface area (Å²) < 4.78 is 5.06. The van der Waals surface area contributed by atoms with Crippen LogP contribution in [0.4, 0.5) is 0 Å². The first-order valence-corrected chi connectivity index (χ1v) is 5.47. The van der Waals surface area contributed by atoms with Crippen LogP contribution in [-0.2, 0) is 11.2 Å². The molecular weight excluding hydrogens is 233 g/mol. The van der Waals surface area contributed by atoms with Crippen LogP contribution in [0.1, 0.15) is 10.6 Å². The zero-order valence-electron chi connectivity index (χ0n) is 8.20. The van der Waals surface area contributed by atoms with Gasteiger partial charge in [-0.1, -0.05) is 11.3 Å². The number of nitrogens with zero attached hydrogens (tertiary/aromatic N) is 1. The van der Waals surface area contributed by atoms with Gasteiger partial charge >= 0.3 is 29.6 Å². The van der Waals surface area contributed by atoms with Crippen LogP contribution in [0.3, 0.4) is 0 Å². The van der Waals surface area contributed by atoms with E-state index < -0.39 is 5.97 Å². The quantitative estimate of drug-likeness (QED) is 0.427. The van der Waals surface area contributed by atoms with Crippen molar-refractivity contribution < 1.29 is 43.6 Å². The summed E-state index contributed by atoms with van der Waals surface area (Å²) in [6, 6.07) is 0. The van der Waals surface area contributed by atoms with Crippen molar-refractivity contribution in [3.05, 3.63) is 10.6 Å². The minimum atomic E-state index is -1.09. The first kappa shape index (κ1) is 14.2. The largest absolute Gasteiger partial charge is 1.00 e. The van der Waals surface area contributed by atoms with E-state index in [4.69, 9.17) is 4.18 Å². The first-order chi connectivity index (χ1) is 6.13. The van der Waals surface area contributed by atoms with E-state index in [9.17, 15) is 9.90 Å². The Balaban J connectivity index is 0.00000169. The molecule has 0 atom stereocenters. The van der Waals surface area contributed by atoms with Crippen molar-refractivity contribution in [2.24, 2.45) is 0 Å². The van der Waals surface area contributed by atoms with Crippen LogP contribution in [0.15, 0.2) is 0 Å². The third-order valence-corrected chi connectivity index (χ3v) is 2.80. The smallest absolute Gasteiger partial charge is 0.550 e. The molecule has 0 aliphatic carbocycles. The van der Waals surface area contributed by atoms with Gasteiger partial charge in [0.2, 0.25) is 0 Å². The van der Waals surface area contributed by atoms with Gasteiger partial charge in [-0.05, 0) is 6.92 Å². The standard InChI is InChI=1S/C7H9NO3S2.Na/c1-4-5(3-6(9)10)13-7(8-4)11-12-2;/h3H2,1-2H3,(H,9,10);/q;+1/p-1. The Kier molecular flexibility index (Phi) is 6.80. The van der Waals surface area contributed by atoms with Crippen LogP contribution in [-0.4, -0.2) is 17.2 Å². The number of aliphatic carboxylic acids is 1. The van der Waals surface area contributed by atoms with Crippen LogP contribution < -0.4 is 38.8 Å². The molecule has 0 amide bonds. The third kappa shape index (κ3) is 4.18. The van der Waals surface area contributed by atoms with E-state index in [1.165, 1.54) is 23.4 Å². The first-order valence-electron chi connectivity index (χ1n) is 3.50. The molecule has 72 valence electrons. The van der Waals surface area contributed by atoms with E-state index in [1.807, 2.05) is 0 Å². The van der Waals surface area contributed by atoms with Gasteiger partial charge in [-0.3, -0.25) is 0 Å². The molecule has 0 spiro atoms. The number of carboxylic acids is 1. The monoisotopic (exact) mass is 241 g/mol. The van der Waals surface area contributed by atoms with Gasteiger partial charge in [-0.25, -0.2) is 4.98 Å². The van der Waals surface area contributed by atoms with Crippen molar-refractivity contribution in [3.63, 3.8) is 0 Å². The van der Waals surface area contributed by atoms with E-state index in [1.54, 1.807) is 13.2 Å². The molecular formula is C7H8NNaO3S2. The topological polar surface area (TPSA) is 62.2 Å². The van der Waals surface area contributed by atoms with Crippen molar-refractivity contribution >= 4 is 29.3 Å². The number of hydrogen-bond acceptors (Lipinski definition) is 6. The second kappa shape index (κ2) is 6.68. The van der Waals surface area contributed by atoms with E-state index in [2.05, 4.69) is 4.98 Å². The minimum absolute atomic E-state index is 0. The number of carbonyl (C=O) groups is 1. The average molecular weight is 241 g/mol. The van der Waals surface area contributed by atoms with E-state index in [0.29, 0.717) is 15.8 Å². The maximum Gasteiger partial charge on any atom is 1.00 e. The maximum atomic E-state index is 10.3. The molecule has 1 aromatic heterocycles. The van der Waals surface area contributed by atoms with Crippen LogP contribution in [0.2, 0.25) is 0 Å². The van der Waals surface area contributed by atoms with Crippen molar-refractivity contribution in [2.45, 2.75) is 13.3 Å². The summed E-state index contributed by atoms with van der Waals surface area (Å²) in [7, 11) is 0. The molecule has 0 saturated heterocycles. The van der Waals surface area contributed by atoms with Crippen LogP contribution in [0.25, 0.3) is 0 Å². The van der Waals surface area contributed by atoms with E-state index in [0.717, 1.165) is 0 Å². The fourth-order valence-electron chi connectivity index (χ4n) is 0.803. The Hall–Kier alpha value is 0.250. The van der Waals surface area contributed by atoms with Gasteiger partial charge in [-0.15, -0.1) is 0 Å². The Bertz CT molecular complexity index is 316. The number of rotatable bonds is 4. The molecule has 14 heavy (non-hydrogen) atoms. The number of carboxylic acid groups (broad SMARTS) is 1. The summed E-state index contributed by atoms with van der Waals surface area (Å²) in [6.07, 6.45) is 1.68. The third-order valence-electron chi connectivity index (χ3n) is 1.33. The van der Waals surface area contributed by atoms with Gasteiger partial charge < -0.3 is 14.1 Å². The zero-order valence-corrected chi connectivity index (χ0v) is 11.8. The number of hydrogen-bond donors (Lipinski definition) is 0. The number of carbonyl (C=O) groups excluding carboxylic acids is 1. The molecule has 1 aromatic rings. The fourth-order valence-corrected chi connectivity index (χ4v) is 2.10. The van der Waals surface area contributed by atoms with Crippen LogP contribution in [0, 0.1) is 6.92 Å². The summed E-state index contributed by atoms with van der Waals surface area (Å²) in [5, 5.41) is 10.8. The molecule has 0 aliphatic rings. The molecule has 0 radical (unpaired) electrons. The fraction of sp³-hybridized carbons (Fsp3) is 0.429. The summed E-state index contributed by atoms with van der Waals surface area (Å²) in [5.74, 6) is -1.09. The van der Waals surface area contributed by atoms with Gasteiger partial charge in [0.05, 0.1) is 17.7 Å².